The molecule has 0 aliphatic carbocycles. The van der Waals surface area contributed by atoms with Crippen LogP contribution in [0.4, 0.5) is 5.69 Å². The van der Waals surface area contributed by atoms with Gasteiger partial charge < -0.3 is 20.3 Å². The molecule has 0 atom stereocenters. The van der Waals surface area contributed by atoms with Gasteiger partial charge in [-0.25, -0.2) is 4.99 Å². The molecule has 1 heterocycles. The standard InChI is InChI=1S/C21H35N5O3.HI/c1-4-29-15-5-12-22-21(24-19-10-13-25(14-11-19)17(2)3)23-16-18-6-8-20(9-7-18)26(27)28;/h6-9,17,19H,4-5,10-16H2,1-3H3,(H2,22,23,24);1H. The van der Waals surface area contributed by atoms with E-state index >= 15 is 0 Å². The summed E-state index contributed by atoms with van der Waals surface area (Å²) < 4.78 is 5.40. The lowest BCUT2D eigenvalue weighted by molar-refractivity contribution is -0.384. The number of nitro benzene ring substituents is 1. The van der Waals surface area contributed by atoms with Gasteiger partial charge in [-0.1, -0.05) is 12.1 Å². The summed E-state index contributed by atoms with van der Waals surface area (Å²) in [6.07, 6.45) is 3.10. The maximum atomic E-state index is 10.8. The third-order valence-electron chi connectivity index (χ3n) is 5.13. The molecule has 0 bridgehead atoms. The van der Waals surface area contributed by atoms with Crippen molar-refractivity contribution in [3.8, 4) is 0 Å². The molecule has 0 unspecified atom stereocenters. The number of nitrogens with one attached hydrogen (secondary N) is 2. The van der Waals surface area contributed by atoms with Crippen molar-refractivity contribution < 1.29 is 9.66 Å². The number of nitrogens with zero attached hydrogens (tertiary/aromatic N) is 3. The molecule has 0 aromatic heterocycles. The fraction of sp³-hybridized carbons (Fsp3) is 0.667. The molecule has 1 aromatic rings. The van der Waals surface area contributed by atoms with E-state index < -0.39 is 0 Å². The Bertz CT molecular complexity index is 647. The smallest absolute Gasteiger partial charge is 0.269 e. The molecule has 0 spiro atoms. The van der Waals surface area contributed by atoms with Crippen LogP contribution in [0.25, 0.3) is 0 Å². The molecule has 8 nitrogen and oxygen atoms in total. The van der Waals surface area contributed by atoms with Crippen LogP contribution in [0.2, 0.25) is 0 Å². The van der Waals surface area contributed by atoms with Crippen LogP contribution in [0.1, 0.15) is 45.6 Å². The van der Waals surface area contributed by atoms with Crippen LogP contribution in [-0.2, 0) is 11.3 Å². The van der Waals surface area contributed by atoms with E-state index in [9.17, 15) is 10.1 Å². The van der Waals surface area contributed by atoms with Crippen molar-refractivity contribution in [2.24, 2.45) is 4.99 Å². The van der Waals surface area contributed by atoms with E-state index in [1.54, 1.807) is 12.1 Å². The topological polar surface area (TPSA) is 92.0 Å². The van der Waals surface area contributed by atoms with Gasteiger partial charge in [0.2, 0.25) is 0 Å². The normalized spacial score (nSPS) is 15.7. The van der Waals surface area contributed by atoms with E-state index in [1.165, 1.54) is 12.1 Å². The Morgan fingerprint density at radius 3 is 2.53 bits per heavy atom. The molecule has 0 amide bonds. The first-order chi connectivity index (χ1) is 14.0. The van der Waals surface area contributed by atoms with Crippen molar-refractivity contribution >= 4 is 35.6 Å². The summed E-state index contributed by atoms with van der Waals surface area (Å²) in [5.41, 5.74) is 1.04. The van der Waals surface area contributed by atoms with Gasteiger partial charge in [0.05, 0.1) is 11.5 Å². The summed E-state index contributed by atoms with van der Waals surface area (Å²) in [7, 11) is 0. The predicted molar refractivity (Wildman–Crippen MR) is 132 cm³/mol. The van der Waals surface area contributed by atoms with Gasteiger partial charge in [-0.15, -0.1) is 24.0 Å². The first-order valence-electron chi connectivity index (χ1n) is 10.6. The van der Waals surface area contributed by atoms with Gasteiger partial charge in [-0.05, 0) is 45.6 Å². The van der Waals surface area contributed by atoms with Crippen LogP contribution in [0.3, 0.4) is 0 Å². The highest BCUT2D eigenvalue weighted by atomic mass is 127. The third kappa shape index (κ3) is 9.57. The van der Waals surface area contributed by atoms with Gasteiger partial charge in [0.25, 0.3) is 5.69 Å². The second-order valence-corrected chi connectivity index (χ2v) is 7.61. The molecule has 2 rings (SSSR count). The van der Waals surface area contributed by atoms with E-state index in [-0.39, 0.29) is 34.6 Å². The molecule has 0 radical (unpaired) electrons. The Labute approximate surface area is 197 Å². The van der Waals surface area contributed by atoms with E-state index in [2.05, 4.69) is 29.4 Å². The number of likely N-dealkylation sites (tertiary alicyclic amines) is 1. The Morgan fingerprint density at radius 2 is 1.97 bits per heavy atom. The molecular weight excluding hydrogens is 497 g/mol. The van der Waals surface area contributed by atoms with E-state index in [1.807, 2.05) is 6.92 Å². The molecule has 170 valence electrons. The summed E-state index contributed by atoms with van der Waals surface area (Å²) in [4.78, 5) is 17.6. The number of hydrogen-bond acceptors (Lipinski definition) is 5. The SMILES string of the molecule is CCOCCCNC(=NCc1ccc([N+](=O)[O-])cc1)NC1CCN(C(C)C)CC1.I. The van der Waals surface area contributed by atoms with Crippen LogP contribution in [0.15, 0.2) is 29.3 Å². The quantitative estimate of drug-likeness (QED) is 0.119. The minimum Gasteiger partial charge on any atom is -0.382 e. The van der Waals surface area contributed by atoms with E-state index in [0.717, 1.165) is 63.6 Å². The Kier molecular flexibility index (Phi) is 12.9. The third-order valence-corrected chi connectivity index (χ3v) is 5.13. The van der Waals surface area contributed by atoms with Crippen molar-refractivity contribution in [3.05, 3.63) is 39.9 Å². The molecule has 30 heavy (non-hydrogen) atoms. The summed E-state index contributed by atoms with van der Waals surface area (Å²) in [5.74, 6) is 0.794. The average molecular weight is 533 g/mol. The number of piperidine rings is 1. The number of nitro groups is 1. The van der Waals surface area contributed by atoms with Crippen molar-refractivity contribution in [2.45, 2.75) is 58.7 Å². The van der Waals surface area contributed by atoms with E-state index in [0.29, 0.717) is 18.6 Å². The largest absolute Gasteiger partial charge is 0.382 e. The number of ether oxygens (including phenoxy) is 1. The fourth-order valence-corrected chi connectivity index (χ4v) is 3.32. The van der Waals surface area contributed by atoms with Gasteiger partial charge in [0.1, 0.15) is 0 Å². The highest BCUT2D eigenvalue weighted by Crippen LogP contribution is 2.14. The van der Waals surface area contributed by atoms with Gasteiger partial charge in [0, 0.05) is 57.1 Å². The zero-order valence-electron chi connectivity index (χ0n) is 18.3. The van der Waals surface area contributed by atoms with Crippen molar-refractivity contribution in [3.63, 3.8) is 0 Å². The van der Waals surface area contributed by atoms with E-state index in [4.69, 9.17) is 9.73 Å². The fourth-order valence-electron chi connectivity index (χ4n) is 3.32. The van der Waals surface area contributed by atoms with Crippen LogP contribution in [0.5, 0.6) is 0 Å². The number of hydrogen-bond donors (Lipinski definition) is 2. The lowest BCUT2D eigenvalue weighted by Gasteiger charge is -2.35. The zero-order valence-corrected chi connectivity index (χ0v) is 20.6. The highest BCUT2D eigenvalue weighted by molar-refractivity contribution is 14.0. The molecule has 1 fully saturated rings. The summed E-state index contributed by atoms with van der Waals surface area (Å²) in [6.45, 7) is 11.4. The molecule has 1 aromatic carbocycles. The second kappa shape index (κ2) is 14.5. The molecule has 1 saturated heterocycles. The number of aliphatic imine (C=N–C) groups is 1. The Hall–Kier alpha value is -1.46. The van der Waals surface area contributed by atoms with Crippen molar-refractivity contribution in [1.82, 2.24) is 15.5 Å². The molecule has 1 aliphatic heterocycles. The number of guanidine groups is 1. The maximum absolute atomic E-state index is 10.8. The highest BCUT2D eigenvalue weighted by Gasteiger charge is 2.21. The minimum absolute atomic E-state index is 0. The van der Waals surface area contributed by atoms with Gasteiger partial charge in [0.15, 0.2) is 5.96 Å². The monoisotopic (exact) mass is 533 g/mol. The van der Waals surface area contributed by atoms with Crippen LogP contribution in [0, 0.1) is 10.1 Å². The van der Waals surface area contributed by atoms with Gasteiger partial charge >= 0.3 is 0 Å². The summed E-state index contributed by atoms with van der Waals surface area (Å²) in [6, 6.07) is 7.55. The summed E-state index contributed by atoms with van der Waals surface area (Å²) in [5, 5.41) is 17.8. The lowest BCUT2D eigenvalue weighted by atomic mass is 10.0. The molecule has 0 saturated carbocycles. The number of non-ortho nitro benzene ring substituents is 1. The Morgan fingerprint density at radius 1 is 1.30 bits per heavy atom. The van der Waals surface area contributed by atoms with Crippen LogP contribution in [-0.4, -0.2) is 60.7 Å². The predicted octanol–water partition coefficient (Wildman–Crippen LogP) is 3.55. The molecular formula is C21H36IN5O3. The molecule has 1 aliphatic rings. The average Bonchev–Trinajstić information content (AvgIpc) is 2.72. The maximum Gasteiger partial charge on any atom is 0.269 e. The zero-order chi connectivity index (χ0) is 21.1. The number of rotatable bonds is 10. The first-order valence-corrected chi connectivity index (χ1v) is 10.6. The summed E-state index contributed by atoms with van der Waals surface area (Å²) >= 11 is 0. The minimum atomic E-state index is -0.385. The van der Waals surface area contributed by atoms with Crippen LogP contribution >= 0.6 is 24.0 Å². The van der Waals surface area contributed by atoms with Gasteiger partial charge in [-0.3, -0.25) is 10.1 Å². The van der Waals surface area contributed by atoms with Gasteiger partial charge in [-0.2, -0.15) is 0 Å². The molecule has 9 heteroatoms. The lowest BCUT2D eigenvalue weighted by Crippen LogP contribution is -2.50. The second-order valence-electron chi connectivity index (χ2n) is 7.61. The van der Waals surface area contributed by atoms with Crippen molar-refractivity contribution in [2.75, 3.05) is 32.8 Å². The molecule has 2 N–H and O–H groups in total. The van der Waals surface area contributed by atoms with Crippen molar-refractivity contribution in [1.29, 1.82) is 0 Å². The number of benzene rings is 1. The Balaban J connectivity index is 0.00000450. The van der Waals surface area contributed by atoms with Crippen LogP contribution < -0.4 is 10.6 Å². The number of halogens is 1. The first kappa shape index (κ1) is 26.6.